The van der Waals surface area contributed by atoms with Crippen LogP contribution in [0, 0.1) is 0 Å². The number of nitrogens with one attached hydrogen (secondary N) is 1. The molecule has 0 saturated heterocycles. The van der Waals surface area contributed by atoms with Crippen molar-refractivity contribution in [2.75, 3.05) is 33.5 Å². The molecular weight excluding hydrogens is 194 g/mol. The topological polar surface area (TPSA) is 47.6 Å². The molecule has 0 aromatic carbocycles. The van der Waals surface area contributed by atoms with Crippen LogP contribution in [0.4, 0.5) is 0 Å². The summed E-state index contributed by atoms with van der Waals surface area (Å²) in [5, 5.41) is 2.81. The number of hydrogen-bond acceptors (Lipinski definition) is 3. The normalized spacial score (nSPS) is 10.3. The predicted octanol–water partition coefficient (Wildman–Crippen LogP) is 1.35. The highest BCUT2D eigenvalue weighted by atomic mass is 16.5. The summed E-state index contributed by atoms with van der Waals surface area (Å²) in [6.07, 6.45) is 3.88. The Labute approximate surface area is 92.3 Å². The third kappa shape index (κ3) is 11.3. The molecule has 0 aromatic rings. The fourth-order valence-corrected chi connectivity index (χ4v) is 1.13. The van der Waals surface area contributed by atoms with Crippen molar-refractivity contribution in [1.29, 1.82) is 0 Å². The second kappa shape index (κ2) is 11.5. The SMILES string of the molecule is CCCCCC(=O)NCCOCCOC. The Morgan fingerprint density at radius 3 is 2.67 bits per heavy atom. The first-order chi connectivity index (χ1) is 7.31. The third-order valence-corrected chi connectivity index (χ3v) is 2.01. The monoisotopic (exact) mass is 217 g/mol. The summed E-state index contributed by atoms with van der Waals surface area (Å²) >= 11 is 0. The fourth-order valence-electron chi connectivity index (χ4n) is 1.13. The summed E-state index contributed by atoms with van der Waals surface area (Å²) in [7, 11) is 1.64. The highest BCUT2D eigenvalue weighted by Gasteiger charge is 1.99. The summed E-state index contributed by atoms with van der Waals surface area (Å²) in [5.74, 6) is 0.124. The third-order valence-electron chi connectivity index (χ3n) is 2.01. The van der Waals surface area contributed by atoms with Gasteiger partial charge < -0.3 is 14.8 Å². The molecule has 90 valence electrons. The Morgan fingerprint density at radius 1 is 1.20 bits per heavy atom. The van der Waals surface area contributed by atoms with Gasteiger partial charge in [-0.1, -0.05) is 19.8 Å². The average molecular weight is 217 g/mol. The molecule has 0 spiro atoms. The van der Waals surface area contributed by atoms with Crippen molar-refractivity contribution in [3.05, 3.63) is 0 Å². The Hall–Kier alpha value is -0.610. The molecule has 0 fully saturated rings. The lowest BCUT2D eigenvalue weighted by atomic mass is 10.2. The first-order valence-corrected chi connectivity index (χ1v) is 5.64. The fraction of sp³-hybridized carbons (Fsp3) is 0.909. The zero-order chi connectivity index (χ0) is 11.4. The van der Waals surface area contributed by atoms with Gasteiger partial charge >= 0.3 is 0 Å². The lowest BCUT2D eigenvalue weighted by Crippen LogP contribution is -2.27. The van der Waals surface area contributed by atoms with Crippen LogP contribution in [0.5, 0.6) is 0 Å². The molecule has 4 nitrogen and oxygen atoms in total. The maximum Gasteiger partial charge on any atom is 0.220 e. The van der Waals surface area contributed by atoms with Gasteiger partial charge in [0.15, 0.2) is 0 Å². The van der Waals surface area contributed by atoms with Crippen molar-refractivity contribution in [3.63, 3.8) is 0 Å². The van der Waals surface area contributed by atoms with E-state index in [0.29, 0.717) is 32.8 Å². The van der Waals surface area contributed by atoms with Crippen molar-refractivity contribution in [3.8, 4) is 0 Å². The van der Waals surface area contributed by atoms with E-state index < -0.39 is 0 Å². The smallest absolute Gasteiger partial charge is 0.220 e. The molecule has 0 unspecified atom stereocenters. The van der Waals surface area contributed by atoms with Crippen molar-refractivity contribution in [2.45, 2.75) is 32.6 Å². The molecule has 0 atom stereocenters. The van der Waals surface area contributed by atoms with Crippen LogP contribution in [0.2, 0.25) is 0 Å². The number of ether oxygens (including phenoxy) is 2. The van der Waals surface area contributed by atoms with Gasteiger partial charge in [0, 0.05) is 20.1 Å². The lowest BCUT2D eigenvalue weighted by molar-refractivity contribution is -0.121. The van der Waals surface area contributed by atoms with E-state index in [4.69, 9.17) is 9.47 Å². The van der Waals surface area contributed by atoms with Gasteiger partial charge in [0.1, 0.15) is 0 Å². The largest absolute Gasteiger partial charge is 0.382 e. The molecule has 0 rings (SSSR count). The Balaban J connectivity index is 3.10. The Kier molecular flexibility index (Phi) is 11.0. The molecule has 0 aromatic heterocycles. The van der Waals surface area contributed by atoms with Crippen LogP contribution in [0.1, 0.15) is 32.6 Å². The van der Waals surface area contributed by atoms with E-state index in [9.17, 15) is 4.79 Å². The van der Waals surface area contributed by atoms with Crippen molar-refractivity contribution in [1.82, 2.24) is 5.32 Å². The molecule has 0 aliphatic heterocycles. The lowest BCUT2D eigenvalue weighted by Gasteiger charge is -2.05. The maximum absolute atomic E-state index is 11.2. The van der Waals surface area contributed by atoms with Gasteiger partial charge in [0.2, 0.25) is 5.91 Å². The minimum atomic E-state index is 0.124. The van der Waals surface area contributed by atoms with E-state index in [-0.39, 0.29) is 5.91 Å². The van der Waals surface area contributed by atoms with Crippen LogP contribution in [-0.4, -0.2) is 39.4 Å². The molecule has 4 heteroatoms. The van der Waals surface area contributed by atoms with Gasteiger partial charge in [0.05, 0.1) is 19.8 Å². The molecule has 0 aliphatic carbocycles. The first kappa shape index (κ1) is 14.4. The number of carbonyl (C=O) groups excluding carboxylic acids is 1. The highest BCUT2D eigenvalue weighted by Crippen LogP contribution is 1.97. The second-order valence-electron chi connectivity index (χ2n) is 3.41. The number of carbonyl (C=O) groups is 1. The van der Waals surface area contributed by atoms with E-state index in [1.165, 1.54) is 0 Å². The molecular formula is C11H23NO3. The van der Waals surface area contributed by atoms with E-state index >= 15 is 0 Å². The van der Waals surface area contributed by atoms with Gasteiger partial charge in [0.25, 0.3) is 0 Å². The second-order valence-corrected chi connectivity index (χ2v) is 3.41. The van der Waals surface area contributed by atoms with E-state index in [1.54, 1.807) is 7.11 Å². The summed E-state index contributed by atoms with van der Waals surface area (Å²) in [6, 6.07) is 0. The van der Waals surface area contributed by atoms with E-state index in [1.807, 2.05) is 0 Å². The first-order valence-electron chi connectivity index (χ1n) is 5.64. The molecule has 15 heavy (non-hydrogen) atoms. The Bertz CT molecular complexity index is 151. The minimum Gasteiger partial charge on any atom is -0.382 e. The van der Waals surface area contributed by atoms with Gasteiger partial charge in [-0.3, -0.25) is 4.79 Å². The zero-order valence-corrected chi connectivity index (χ0v) is 9.88. The van der Waals surface area contributed by atoms with Gasteiger partial charge in [-0.2, -0.15) is 0 Å². The molecule has 0 heterocycles. The number of amides is 1. The van der Waals surface area contributed by atoms with E-state index in [0.717, 1.165) is 19.3 Å². The molecule has 1 amide bonds. The summed E-state index contributed by atoms with van der Waals surface area (Å²) < 4.78 is 10.0. The van der Waals surface area contributed by atoms with Crippen molar-refractivity contribution in [2.24, 2.45) is 0 Å². The number of unbranched alkanes of at least 4 members (excludes halogenated alkanes) is 2. The molecule has 0 radical (unpaired) electrons. The maximum atomic E-state index is 11.2. The Morgan fingerprint density at radius 2 is 2.00 bits per heavy atom. The molecule has 1 N–H and O–H groups in total. The molecule has 0 aliphatic rings. The van der Waals surface area contributed by atoms with Crippen LogP contribution in [-0.2, 0) is 14.3 Å². The van der Waals surface area contributed by atoms with Crippen LogP contribution < -0.4 is 5.32 Å². The van der Waals surface area contributed by atoms with Crippen molar-refractivity contribution < 1.29 is 14.3 Å². The predicted molar refractivity (Wildman–Crippen MR) is 59.8 cm³/mol. The van der Waals surface area contributed by atoms with Gasteiger partial charge in [-0.15, -0.1) is 0 Å². The summed E-state index contributed by atoms with van der Waals surface area (Å²) in [4.78, 5) is 11.2. The van der Waals surface area contributed by atoms with Crippen LogP contribution >= 0.6 is 0 Å². The molecule has 0 bridgehead atoms. The average Bonchev–Trinajstić information content (AvgIpc) is 2.23. The van der Waals surface area contributed by atoms with Gasteiger partial charge in [-0.25, -0.2) is 0 Å². The zero-order valence-electron chi connectivity index (χ0n) is 9.88. The van der Waals surface area contributed by atoms with Crippen LogP contribution in [0.25, 0.3) is 0 Å². The summed E-state index contributed by atoms with van der Waals surface area (Å²) in [5.41, 5.74) is 0. The quantitative estimate of drug-likeness (QED) is 0.562. The number of rotatable bonds is 10. The number of methoxy groups -OCH3 is 1. The summed E-state index contributed by atoms with van der Waals surface area (Å²) in [6.45, 7) is 4.46. The van der Waals surface area contributed by atoms with Crippen LogP contribution in [0.15, 0.2) is 0 Å². The molecule has 0 saturated carbocycles. The van der Waals surface area contributed by atoms with Crippen molar-refractivity contribution >= 4 is 5.91 Å². The number of hydrogen-bond donors (Lipinski definition) is 1. The van der Waals surface area contributed by atoms with E-state index in [2.05, 4.69) is 12.2 Å². The standard InChI is InChI=1S/C11H23NO3/c1-3-4-5-6-11(13)12-7-8-15-10-9-14-2/h3-10H2,1-2H3,(H,12,13). The highest BCUT2D eigenvalue weighted by molar-refractivity contribution is 5.75. The van der Waals surface area contributed by atoms with Crippen LogP contribution in [0.3, 0.4) is 0 Å². The minimum absolute atomic E-state index is 0.124. The van der Waals surface area contributed by atoms with Gasteiger partial charge in [-0.05, 0) is 6.42 Å².